The lowest BCUT2D eigenvalue weighted by Gasteiger charge is -2.30. The molecule has 0 unspecified atom stereocenters. The van der Waals surface area contributed by atoms with E-state index in [1.807, 2.05) is 37.3 Å². The van der Waals surface area contributed by atoms with E-state index in [0.29, 0.717) is 11.6 Å². The van der Waals surface area contributed by atoms with Gasteiger partial charge in [0.1, 0.15) is 0 Å². The molecule has 4 atom stereocenters. The number of amides is 3. The monoisotopic (exact) mass is 340 g/mol. The maximum Gasteiger partial charge on any atom is 0.236 e. The van der Waals surface area contributed by atoms with Gasteiger partial charge in [0.05, 0.1) is 17.8 Å². The highest BCUT2D eigenvalue weighted by molar-refractivity contribution is 6.09. The molecule has 1 N–H and O–H groups in total. The van der Waals surface area contributed by atoms with Gasteiger partial charge in [0.25, 0.3) is 0 Å². The summed E-state index contributed by atoms with van der Waals surface area (Å²) in [6, 6.07) is 7.74. The Bertz CT molecular complexity index is 736. The second kappa shape index (κ2) is 6.47. The van der Waals surface area contributed by atoms with Crippen molar-refractivity contribution in [1.82, 2.24) is 4.90 Å². The van der Waals surface area contributed by atoms with E-state index in [-0.39, 0.29) is 23.6 Å². The number of carbonyl (C=O) groups excluding carboxylic acids is 3. The van der Waals surface area contributed by atoms with Crippen LogP contribution in [0.25, 0.3) is 0 Å². The van der Waals surface area contributed by atoms with Crippen LogP contribution < -0.4 is 5.32 Å². The van der Waals surface area contributed by atoms with Gasteiger partial charge < -0.3 is 5.32 Å². The Balaban J connectivity index is 1.82. The summed E-state index contributed by atoms with van der Waals surface area (Å²) in [6.07, 6.45) is 3.65. The van der Waals surface area contributed by atoms with Crippen molar-refractivity contribution in [2.24, 2.45) is 23.7 Å². The number of nitrogens with zero attached hydrogens (tertiary/aromatic N) is 1. The van der Waals surface area contributed by atoms with Crippen molar-refractivity contribution in [3.05, 3.63) is 42.0 Å². The third kappa shape index (κ3) is 2.99. The first-order chi connectivity index (χ1) is 11.8. The number of benzene rings is 1. The second-order valence-electron chi connectivity index (χ2n) is 7.32. The normalized spacial score (nSPS) is 28.4. The third-order valence-corrected chi connectivity index (χ3v) is 5.34. The maximum absolute atomic E-state index is 12.9. The highest BCUT2D eigenvalue weighted by Gasteiger charge is 2.53. The summed E-state index contributed by atoms with van der Waals surface area (Å²) in [5, 5.41) is 2.92. The summed E-state index contributed by atoms with van der Waals surface area (Å²) in [6.45, 7) is 6.14. The van der Waals surface area contributed by atoms with E-state index in [1.165, 1.54) is 12.6 Å². The van der Waals surface area contributed by atoms with Crippen LogP contribution in [0.15, 0.2) is 36.4 Å². The van der Waals surface area contributed by atoms with Gasteiger partial charge in [-0.25, -0.2) is 0 Å². The van der Waals surface area contributed by atoms with Crippen molar-refractivity contribution < 1.29 is 14.4 Å². The van der Waals surface area contributed by atoms with Gasteiger partial charge in [-0.2, -0.15) is 0 Å². The summed E-state index contributed by atoms with van der Waals surface area (Å²) in [5.74, 6) is -2.04. The lowest BCUT2D eigenvalue weighted by Crippen LogP contribution is -2.41. The molecule has 0 spiro atoms. The number of anilines is 1. The molecule has 5 nitrogen and oxygen atoms in total. The van der Waals surface area contributed by atoms with Gasteiger partial charge in [-0.1, -0.05) is 45.1 Å². The predicted molar refractivity (Wildman–Crippen MR) is 95.7 cm³/mol. The molecule has 1 fully saturated rings. The molecule has 3 rings (SSSR count). The molecular formula is C20H24N2O3. The van der Waals surface area contributed by atoms with Gasteiger partial charge in [0.2, 0.25) is 17.7 Å². The lowest BCUT2D eigenvalue weighted by molar-refractivity contribution is -0.140. The van der Waals surface area contributed by atoms with Crippen molar-refractivity contribution in [3.8, 4) is 0 Å². The minimum Gasteiger partial charge on any atom is -0.326 e. The van der Waals surface area contributed by atoms with Crippen LogP contribution in [0.2, 0.25) is 0 Å². The highest BCUT2D eigenvalue weighted by Crippen LogP contribution is 2.41. The Hall–Kier alpha value is -2.43. The zero-order valence-corrected chi connectivity index (χ0v) is 15.0. The summed E-state index contributed by atoms with van der Waals surface area (Å²) >= 11 is 0. The topological polar surface area (TPSA) is 66.5 Å². The SMILES string of the molecule is CC(C)c1ccc(NC(=O)[C@H]2[C@H]3C(=O)N(C)C(=O)[C@H]3C=C[C@H]2C)cc1. The van der Waals surface area contributed by atoms with E-state index in [1.54, 1.807) is 6.08 Å². The molecular weight excluding hydrogens is 316 g/mol. The van der Waals surface area contributed by atoms with Crippen molar-refractivity contribution in [1.29, 1.82) is 0 Å². The zero-order chi connectivity index (χ0) is 18.3. The van der Waals surface area contributed by atoms with E-state index in [4.69, 9.17) is 0 Å². The van der Waals surface area contributed by atoms with Crippen LogP contribution in [0, 0.1) is 23.7 Å². The number of rotatable bonds is 3. The first kappa shape index (κ1) is 17.4. The third-order valence-electron chi connectivity index (χ3n) is 5.34. The molecule has 5 heteroatoms. The van der Waals surface area contributed by atoms with E-state index in [0.717, 1.165) is 4.90 Å². The van der Waals surface area contributed by atoms with E-state index >= 15 is 0 Å². The number of fused-ring (bicyclic) bond motifs is 1. The Morgan fingerprint density at radius 2 is 1.72 bits per heavy atom. The van der Waals surface area contributed by atoms with Gasteiger partial charge >= 0.3 is 0 Å². The first-order valence-electron chi connectivity index (χ1n) is 8.71. The van der Waals surface area contributed by atoms with Crippen molar-refractivity contribution in [2.75, 3.05) is 12.4 Å². The maximum atomic E-state index is 12.9. The van der Waals surface area contributed by atoms with Gasteiger partial charge in [0, 0.05) is 12.7 Å². The molecule has 0 aromatic heterocycles. The molecule has 132 valence electrons. The van der Waals surface area contributed by atoms with E-state index in [2.05, 4.69) is 19.2 Å². The Morgan fingerprint density at radius 3 is 2.32 bits per heavy atom. The van der Waals surface area contributed by atoms with Crippen LogP contribution in [0.3, 0.4) is 0 Å². The quantitative estimate of drug-likeness (QED) is 0.680. The summed E-state index contributed by atoms with van der Waals surface area (Å²) in [7, 11) is 1.49. The largest absolute Gasteiger partial charge is 0.326 e. The predicted octanol–water partition coefficient (Wildman–Crippen LogP) is 2.80. The fourth-order valence-electron chi connectivity index (χ4n) is 3.76. The molecule has 1 aromatic carbocycles. The van der Waals surface area contributed by atoms with Gasteiger partial charge in [-0.3, -0.25) is 19.3 Å². The molecule has 1 heterocycles. The lowest BCUT2D eigenvalue weighted by atomic mass is 9.71. The number of imide groups is 1. The second-order valence-corrected chi connectivity index (χ2v) is 7.32. The number of hydrogen-bond acceptors (Lipinski definition) is 3. The highest BCUT2D eigenvalue weighted by atomic mass is 16.2. The molecule has 1 saturated heterocycles. The van der Waals surface area contributed by atoms with Crippen molar-refractivity contribution in [3.63, 3.8) is 0 Å². The van der Waals surface area contributed by atoms with E-state index < -0.39 is 17.8 Å². The standard InChI is InChI=1S/C20H24N2O3/c1-11(2)13-6-8-14(9-7-13)21-18(23)16-12(3)5-10-15-17(16)20(25)22(4)19(15)24/h5-12,15-17H,1-4H3,(H,21,23)/t12-,15+,16-,17+/m1/s1. The van der Waals surface area contributed by atoms with Gasteiger partial charge in [-0.15, -0.1) is 0 Å². The summed E-state index contributed by atoms with van der Waals surface area (Å²) < 4.78 is 0. The molecule has 25 heavy (non-hydrogen) atoms. The number of hydrogen-bond donors (Lipinski definition) is 1. The van der Waals surface area contributed by atoms with Gasteiger partial charge in [0.15, 0.2) is 0 Å². The minimum absolute atomic E-state index is 0.0977. The molecule has 3 amide bonds. The molecule has 0 saturated carbocycles. The first-order valence-corrected chi connectivity index (χ1v) is 8.71. The van der Waals surface area contributed by atoms with Crippen LogP contribution in [-0.4, -0.2) is 29.7 Å². The molecule has 1 aliphatic carbocycles. The van der Waals surface area contributed by atoms with E-state index in [9.17, 15) is 14.4 Å². The Morgan fingerprint density at radius 1 is 1.08 bits per heavy atom. The van der Waals surface area contributed by atoms with Crippen LogP contribution in [0.4, 0.5) is 5.69 Å². The molecule has 1 aromatic rings. The molecule has 1 aliphatic heterocycles. The fraction of sp³-hybridized carbons (Fsp3) is 0.450. The fourth-order valence-corrected chi connectivity index (χ4v) is 3.76. The number of nitrogens with one attached hydrogen (secondary N) is 1. The molecule has 2 aliphatic rings. The van der Waals surface area contributed by atoms with Gasteiger partial charge in [-0.05, 0) is 29.5 Å². The molecule has 0 radical (unpaired) electrons. The van der Waals surface area contributed by atoms with Crippen LogP contribution in [0.5, 0.6) is 0 Å². The van der Waals surface area contributed by atoms with Crippen molar-refractivity contribution >= 4 is 23.4 Å². The average molecular weight is 340 g/mol. The number of carbonyl (C=O) groups is 3. The summed E-state index contributed by atoms with van der Waals surface area (Å²) in [4.78, 5) is 38.7. The zero-order valence-electron chi connectivity index (χ0n) is 15.0. The average Bonchev–Trinajstić information content (AvgIpc) is 2.79. The van der Waals surface area contributed by atoms with Crippen molar-refractivity contribution in [2.45, 2.75) is 26.7 Å². The molecule has 0 bridgehead atoms. The smallest absolute Gasteiger partial charge is 0.236 e. The minimum atomic E-state index is -0.604. The van der Waals surface area contributed by atoms with Crippen LogP contribution in [0.1, 0.15) is 32.3 Å². The Labute approximate surface area is 148 Å². The summed E-state index contributed by atoms with van der Waals surface area (Å²) in [5.41, 5.74) is 1.91. The van der Waals surface area contributed by atoms with Crippen LogP contribution in [-0.2, 0) is 14.4 Å². The van der Waals surface area contributed by atoms with Crippen LogP contribution >= 0.6 is 0 Å². The Kier molecular flexibility index (Phi) is 4.50. The number of likely N-dealkylation sites (tertiary alicyclic amines) is 1. The number of allylic oxidation sites excluding steroid dienone is 1.